The molecule has 1 aromatic heterocycles. The number of benzene rings is 2. The van der Waals surface area contributed by atoms with Gasteiger partial charge in [-0.15, -0.1) is 0 Å². The first kappa shape index (κ1) is 22.7. The van der Waals surface area contributed by atoms with Crippen molar-refractivity contribution >= 4 is 29.1 Å². The van der Waals surface area contributed by atoms with Crippen LogP contribution in [0.1, 0.15) is 37.9 Å². The van der Waals surface area contributed by atoms with Crippen LogP contribution in [0.5, 0.6) is 0 Å². The third-order valence-corrected chi connectivity index (χ3v) is 6.84. The Morgan fingerprint density at radius 1 is 1.12 bits per heavy atom. The first-order chi connectivity index (χ1) is 16.0. The summed E-state index contributed by atoms with van der Waals surface area (Å²) in [6.07, 6.45) is 1.88. The van der Waals surface area contributed by atoms with E-state index in [-0.39, 0.29) is 5.56 Å². The van der Waals surface area contributed by atoms with Crippen LogP contribution < -0.4 is 19.8 Å². The van der Waals surface area contributed by atoms with Crippen LogP contribution in [0.2, 0.25) is 0 Å². The molecule has 0 saturated carbocycles. The highest BCUT2D eigenvalue weighted by atomic mass is 32.1. The van der Waals surface area contributed by atoms with Crippen molar-refractivity contribution in [3.63, 3.8) is 0 Å². The van der Waals surface area contributed by atoms with Crippen LogP contribution in [-0.2, 0) is 9.53 Å². The molecule has 2 aromatic carbocycles. The Labute approximate surface area is 196 Å². The maximum Gasteiger partial charge on any atom is 0.338 e. The molecule has 3 aromatic rings. The number of anilines is 1. The highest BCUT2D eigenvalue weighted by Crippen LogP contribution is 2.30. The van der Waals surface area contributed by atoms with Crippen LogP contribution in [0, 0.1) is 0 Å². The Morgan fingerprint density at radius 3 is 2.39 bits per heavy atom. The number of ether oxygens (including phenoxy) is 1. The maximum absolute atomic E-state index is 13.5. The number of fused-ring (bicyclic) bond motifs is 1. The minimum Gasteiger partial charge on any atom is -0.466 e. The van der Waals surface area contributed by atoms with E-state index in [1.165, 1.54) is 18.4 Å². The first-order valence-corrected chi connectivity index (χ1v) is 11.8. The van der Waals surface area contributed by atoms with Crippen LogP contribution >= 0.6 is 11.3 Å². The summed E-state index contributed by atoms with van der Waals surface area (Å²) in [7, 11) is 1.34. The van der Waals surface area contributed by atoms with Crippen molar-refractivity contribution in [2.75, 3.05) is 25.1 Å². The van der Waals surface area contributed by atoms with Crippen molar-refractivity contribution in [3.05, 3.63) is 96.7 Å². The van der Waals surface area contributed by atoms with Crippen LogP contribution in [-0.4, -0.2) is 30.7 Å². The fraction of sp³-hybridized carbons (Fsp3) is 0.269. The van der Waals surface area contributed by atoms with Crippen molar-refractivity contribution in [3.8, 4) is 0 Å². The van der Waals surface area contributed by atoms with Gasteiger partial charge in [0.25, 0.3) is 5.56 Å². The zero-order valence-electron chi connectivity index (χ0n) is 19.2. The van der Waals surface area contributed by atoms with Crippen molar-refractivity contribution in [2.24, 2.45) is 4.99 Å². The number of carbonyl (C=O) groups is 1. The molecule has 0 radical (unpaired) electrons. The smallest absolute Gasteiger partial charge is 0.338 e. The summed E-state index contributed by atoms with van der Waals surface area (Å²) in [5, 5.41) is 0. The lowest BCUT2D eigenvalue weighted by molar-refractivity contribution is -0.136. The van der Waals surface area contributed by atoms with Gasteiger partial charge < -0.3 is 9.64 Å². The third kappa shape index (κ3) is 4.28. The summed E-state index contributed by atoms with van der Waals surface area (Å²) in [6, 6.07) is 17.1. The summed E-state index contributed by atoms with van der Waals surface area (Å²) in [4.78, 5) is 33.6. The number of allylic oxidation sites excluding steroid dienone is 1. The molecule has 6 nitrogen and oxygen atoms in total. The number of carbonyl (C=O) groups excluding carboxylic acids is 1. The fourth-order valence-electron chi connectivity index (χ4n) is 4.16. The molecule has 1 aliphatic heterocycles. The lowest BCUT2D eigenvalue weighted by Gasteiger charge is -2.24. The van der Waals surface area contributed by atoms with Gasteiger partial charge in [-0.2, -0.15) is 0 Å². The van der Waals surface area contributed by atoms with Gasteiger partial charge in [-0.05, 0) is 50.1 Å². The van der Waals surface area contributed by atoms with E-state index >= 15 is 0 Å². The summed E-state index contributed by atoms with van der Waals surface area (Å²) in [5.74, 6) is -0.480. The van der Waals surface area contributed by atoms with Crippen molar-refractivity contribution < 1.29 is 9.53 Å². The van der Waals surface area contributed by atoms with Gasteiger partial charge in [0, 0.05) is 18.8 Å². The highest BCUT2D eigenvalue weighted by molar-refractivity contribution is 7.07. The van der Waals surface area contributed by atoms with E-state index in [2.05, 4.69) is 35.9 Å². The van der Waals surface area contributed by atoms with E-state index in [4.69, 9.17) is 4.74 Å². The fourth-order valence-corrected chi connectivity index (χ4v) is 5.21. The van der Waals surface area contributed by atoms with Crippen LogP contribution in [0.4, 0.5) is 5.69 Å². The van der Waals surface area contributed by atoms with E-state index in [9.17, 15) is 9.59 Å². The monoisotopic (exact) mass is 461 g/mol. The molecule has 4 rings (SSSR count). The Bertz CT molecular complexity index is 1360. The zero-order valence-corrected chi connectivity index (χ0v) is 20.1. The molecule has 1 aliphatic rings. The van der Waals surface area contributed by atoms with Crippen LogP contribution in [0.3, 0.4) is 0 Å². The van der Waals surface area contributed by atoms with E-state index in [0.29, 0.717) is 20.6 Å². The standard InChI is InChI=1S/C26H27N3O3S/c1-5-28(6-2)20-14-12-18(13-15-20)16-21-24(30)29-23(19-10-8-7-9-11-19)22(25(31)32-4)17(3)27-26(29)33-21/h7-16,23H,5-6H2,1-4H3/b21-16-/t23-/m1/s1. The van der Waals surface area contributed by atoms with Gasteiger partial charge in [0.1, 0.15) is 0 Å². The van der Waals surface area contributed by atoms with Gasteiger partial charge in [0.15, 0.2) is 4.80 Å². The molecule has 0 unspecified atom stereocenters. The highest BCUT2D eigenvalue weighted by Gasteiger charge is 2.32. The number of aromatic nitrogens is 1. The molecule has 0 spiro atoms. The maximum atomic E-state index is 13.5. The molecule has 0 amide bonds. The number of rotatable bonds is 6. The second-order valence-corrected chi connectivity index (χ2v) is 8.76. The molecule has 2 heterocycles. The lowest BCUT2D eigenvalue weighted by Crippen LogP contribution is -2.39. The summed E-state index contributed by atoms with van der Waals surface area (Å²) in [5.41, 5.74) is 3.70. The van der Waals surface area contributed by atoms with Gasteiger partial charge in [0.2, 0.25) is 0 Å². The second-order valence-electron chi connectivity index (χ2n) is 7.75. The number of methoxy groups -OCH3 is 1. The number of hydrogen-bond acceptors (Lipinski definition) is 6. The largest absolute Gasteiger partial charge is 0.466 e. The molecule has 0 fully saturated rings. The molecule has 0 aliphatic carbocycles. The van der Waals surface area contributed by atoms with E-state index in [1.54, 1.807) is 11.5 Å². The number of esters is 1. The summed E-state index contributed by atoms with van der Waals surface area (Å²) < 4.78 is 7.22. The Morgan fingerprint density at radius 2 is 1.79 bits per heavy atom. The predicted molar refractivity (Wildman–Crippen MR) is 132 cm³/mol. The third-order valence-electron chi connectivity index (χ3n) is 5.86. The SMILES string of the molecule is CCN(CC)c1ccc(/C=c2\sc3n(c2=O)[C@H](c2ccccc2)C(C(=O)OC)=C(C)N=3)cc1. The average Bonchev–Trinajstić information content (AvgIpc) is 3.14. The Hall–Kier alpha value is -3.45. The summed E-state index contributed by atoms with van der Waals surface area (Å²) >= 11 is 1.33. The topological polar surface area (TPSA) is 63.9 Å². The summed E-state index contributed by atoms with van der Waals surface area (Å²) in [6.45, 7) is 7.93. The quantitative estimate of drug-likeness (QED) is 0.529. The molecule has 0 saturated heterocycles. The molecule has 0 N–H and O–H groups in total. The van der Waals surface area contributed by atoms with Gasteiger partial charge in [-0.1, -0.05) is 53.8 Å². The van der Waals surface area contributed by atoms with E-state index in [0.717, 1.165) is 29.9 Å². The van der Waals surface area contributed by atoms with Crippen LogP contribution in [0.25, 0.3) is 6.08 Å². The van der Waals surface area contributed by atoms with Crippen molar-refractivity contribution in [1.82, 2.24) is 4.57 Å². The second kappa shape index (κ2) is 9.58. The van der Waals surface area contributed by atoms with Crippen molar-refractivity contribution in [1.29, 1.82) is 0 Å². The lowest BCUT2D eigenvalue weighted by atomic mass is 9.96. The molecule has 33 heavy (non-hydrogen) atoms. The number of thiazole rings is 1. The van der Waals surface area contributed by atoms with Crippen molar-refractivity contribution in [2.45, 2.75) is 26.8 Å². The molecule has 1 atom stereocenters. The number of nitrogens with zero attached hydrogens (tertiary/aromatic N) is 3. The molecular weight excluding hydrogens is 434 g/mol. The van der Waals surface area contributed by atoms with Gasteiger partial charge in [-0.3, -0.25) is 9.36 Å². The van der Waals surface area contributed by atoms with Gasteiger partial charge in [-0.25, -0.2) is 9.79 Å². The Balaban J connectivity index is 1.85. The molecule has 170 valence electrons. The first-order valence-electron chi connectivity index (χ1n) is 11.0. The molecule has 0 bridgehead atoms. The zero-order chi connectivity index (χ0) is 23.5. The van der Waals surface area contributed by atoms with Gasteiger partial charge >= 0.3 is 5.97 Å². The Kier molecular flexibility index (Phi) is 6.60. The minimum absolute atomic E-state index is 0.172. The number of hydrogen-bond donors (Lipinski definition) is 0. The van der Waals surface area contributed by atoms with Crippen LogP contribution in [0.15, 0.2) is 75.7 Å². The van der Waals surface area contributed by atoms with E-state index in [1.807, 2.05) is 48.5 Å². The predicted octanol–water partition coefficient (Wildman–Crippen LogP) is 3.25. The minimum atomic E-state index is -0.581. The molecular formula is C26H27N3O3S. The molecule has 7 heteroatoms. The van der Waals surface area contributed by atoms with Gasteiger partial charge in [0.05, 0.1) is 29.0 Å². The normalized spacial score (nSPS) is 15.8. The van der Waals surface area contributed by atoms with E-state index < -0.39 is 12.0 Å². The average molecular weight is 462 g/mol.